The second-order valence-corrected chi connectivity index (χ2v) is 7.13. The maximum Gasteiger partial charge on any atom is 0.269 e. The number of nitrogens with zero attached hydrogens (tertiary/aromatic N) is 1. The van der Waals surface area contributed by atoms with Crippen molar-refractivity contribution in [3.63, 3.8) is 0 Å². The summed E-state index contributed by atoms with van der Waals surface area (Å²) in [7, 11) is 0. The molecule has 0 aliphatic heterocycles. The topological polar surface area (TPSA) is 84.3 Å². The van der Waals surface area contributed by atoms with Crippen molar-refractivity contribution in [1.29, 1.82) is 0 Å². The molecule has 3 rings (SSSR count). The molecular formula is C21H25N3O3. The molecule has 1 saturated carbocycles. The van der Waals surface area contributed by atoms with E-state index in [0.717, 1.165) is 5.69 Å². The lowest BCUT2D eigenvalue weighted by molar-refractivity contribution is -0.384. The van der Waals surface area contributed by atoms with Crippen LogP contribution in [0.25, 0.3) is 0 Å². The van der Waals surface area contributed by atoms with Crippen LogP contribution in [0.3, 0.4) is 0 Å². The van der Waals surface area contributed by atoms with Gasteiger partial charge in [-0.05, 0) is 49.8 Å². The van der Waals surface area contributed by atoms with E-state index in [2.05, 4.69) is 41.8 Å². The minimum absolute atomic E-state index is 0.0676. The summed E-state index contributed by atoms with van der Waals surface area (Å²) < 4.78 is 0. The highest BCUT2D eigenvalue weighted by Crippen LogP contribution is 2.41. The van der Waals surface area contributed by atoms with Gasteiger partial charge in [-0.25, -0.2) is 0 Å². The normalized spacial score (nSPS) is 14.4. The number of nitro benzene ring substituents is 1. The summed E-state index contributed by atoms with van der Waals surface area (Å²) >= 11 is 0. The highest BCUT2D eigenvalue weighted by molar-refractivity contribution is 5.76. The van der Waals surface area contributed by atoms with Gasteiger partial charge in [-0.2, -0.15) is 0 Å². The molecule has 2 aromatic carbocycles. The van der Waals surface area contributed by atoms with Crippen molar-refractivity contribution in [1.82, 2.24) is 5.32 Å². The Morgan fingerprint density at radius 3 is 2.41 bits per heavy atom. The fraction of sp³-hybridized carbons (Fsp3) is 0.381. The summed E-state index contributed by atoms with van der Waals surface area (Å²) in [5, 5.41) is 17.0. The van der Waals surface area contributed by atoms with E-state index in [1.165, 1.54) is 36.1 Å². The molecule has 6 heteroatoms. The minimum Gasteiger partial charge on any atom is -0.385 e. The van der Waals surface area contributed by atoms with Gasteiger partial charge in [-0.3, -0.25) is 14.9 Å². The molecule has 1 amide bonds. The smallest absolute Gasteiger partial charge is 0.269 e. The summed E-state index contributed by atoms with van der Waals surface area (Å²) in [6.07, 6.45) is 3.49. The number of hydrogen-bond acceptors (Lipinski definition) is 4. The lowest BCUT2D eigenvalue weighted by Crippen LogP contribution is -2.30. The number of benzene rings is 2. The molecule has 0 heterocycles. The summed E-state index contributed by atoms with van der Waals surface area (Å²) in [5.74, 6) is 0.618. The van der Waals surface area contributed by atoms with E-state index in [1.807, 2.05) is 0 Å². The molecule has 6 nitrogen and oxygen atoms in total. The van der Waals surface area contributed by atoms with E-state index in [1.54, 1.807) is 12.1 Å². The van der Waals surface area contributed by atoms with E-state index in [9.17, 15) is 14.9 Å². The maximum absolute atomic E-state index is 12.3. The molecule has 1 unspecified atom stereocenters. The number of anilines is 1. The molecular weight excluding hydrogens is 342 g/mol. The highest BCUT2D eigenvalue weighted by atomic mass is 16.6. The van der Waals surface area contributed by atoms with Gasteiger partial charge < -0.3 is 10.6 Å². The molecule has 2 aromatic rings. The van der Waals surface area contributed by atoms with Crippen molar-refractivity contribution in [2.75, 3.05) is 11.9 Å². The summed E-state index contributed by atoms with van der Waals surface area (Å²) in [4.78, 5) is 22.6. The predicted molar refractivity (Wildman–Crippen MR) is 106 cm³/mol. The Labute approximate surface area is 159 Å². The third-order valence-corrected chi connectivity index (χ3v) is 4.83. The quantitative estimate of drug-likeness (QED) is 0.392. The van der Waals surface area contributed by atoms with Crippen LogP contribution < -0.4 is 10.6 Å². The number of carbonyl (C=O) groups excluding carboxylic acids is 1. The Bertz CT molecular complexity index is 783. The molecule has 0 spiro atoms. The van der Waals surface area contributed by atoms with Gasteiger partial charge >= 0.3 is 0 Å². The largest absolute Gasteiger partial charge is 0.385 e. The summed E-state index contributed by atoms with van der Waals surface area (Å²) in [6.45, 7) is 2.70. The Kier molecular flexibility index (Phi) is 6.06. The molecule has 0 aromatic heterocycles. The second kappa shape index (κ2) is 8.66. The van der Waals surface area contributed by atoms with Crippen LogP contribution in [0.4, 0.5) is 11.4 Å². The van der Waals surface area contributed by atoms with Gasteiger partial charge in [0.25, 0.3) is 5.69 Å². The van der Waals surface area contributed by atoms with Crippen molar-refractivity contribution >= 4 is 17.3 Å². The van der Waals surface area contributed by atoms with Gasteiger partial charge in [0.1, 0.15) is 0 Å². The average Bonchev–Trinajstić information content (AvgIpc) is 3.49. The Morgan fingerprint density at radius 1 is 1.15 bits per heavy atom. The van der Waals surface area contributed by atoms with Crippen LogP contribution in [0.1, 0.15) is 42.9 Å². The van der Waals surface area contributed by atoms with Gasteiger partial charge in [0.05, 0.1) is 11.0 Å². The lowest BCUT2D eigenvalue weighted by Gasteiger charge is -2.19. The molecule has 142 valence electrons. The molecule has 1 atom stereocenters. The molecule has 0 bridgehead atoms. The standard InChI is InChI=1S/C21H25N3O3/c1-15-4-6-16(7-5-15)21(17-8-9-17)23-20(25)3-2-14-22-18-10-12-19(13-11-18)24(26)27/h4-7,10-13,17,21-22H,2-3,8-9,14H2,1H3,(H,23,25). The minimum atomic E-state index is -0.418. The fourth-order valence-corrected chi connectivity index (χ4v) is 3.10. The van der Waals surface area contributed by atoms with Crippen molar-refractivity contribution < 1.29 is 9.72 Å². The first kappa shape index (κ1) is 18.9. The monoisotopic (exact) mass is 367 g/mol. The van der Waals surface area contributed by atoms with Crippen LogP contribution in [-0.2, 0) is 4.79 Å². The third-order valence-electron chi connectivity index (χ3n) is 4.83. The van der Waals surface area contributed by atoms with E-state index in [4.69, 9.17) is 0 Å². The zero-order valence-electron chi connectivity index (χ0n) is 15.5. The first-order chi connectivity index (χ1) is 13.0. The van der Waals surface area contributed by atoms with Crippen LogP contribution in [0.15, 0.2) is 48.5 Å². The number of rotatable bonds is 9. The molecule has 2 N–H and O–H groups in total. The van der Waals surface area contributed by atoms with Crippen molar-refractivity contribution in [2.45, 2.75) is 38.6 Å². The van der Waals surface area contributed by atoms with Crippen molar-refractivity contribution in [3.05, 3.63) is 69.8 Å². The molecule has 1 aliphatic rings. The van der Waals surface area contributed by atoms with Crippen LogP contribution in [0, 0.1) is 23.0 Å². The first-order valence-electron chi connectivity index (χ1n) is 9.37. The Balaban J connectivity index is 1.43. The number of nitro groups is 1. The van der Waals surface area contributed by atoms with Gasteiger partial charge in [-0.15, -0.1) is 0 Å². The van der Waals surface area contributed by atoms with Gasteiger partial charge in [-0.1, -0.05) is 29.8 Å². The average molecular weight is 367 g/mol. The Hall–Kier alpha value is -2.89. The Morgan fingerprint density at radius 2 is 1.81 bits per heavy atom. The number of nitrogens with one attached hydrogen (secondary N) is 2. The SMILES string of the molecule is Cc1ccc(C(NC(=O)CCCNc2ccc([N+](=O)[O-])cc2)C2CC2)cc1. The van der Waals surface area contributed by atoms with Crippen LogP contribution in [0.2, 0.25) is 0 Å². The third kappa shape index (κ3) is 5.54. The zero-order chi connectivity index (χ0) is 19.2. The van der Waals surface area contributed by atoms with E-state index in [0.29, 0.717) is 25.3 Å². The summed E-state index contributed by atoms with van der Waals surface area (Å²) in [6, 6.07) is 14.8. The zero-order valence-corrected chi connectivity index (χ0v) is 15.5. The summed E-state index contributed by atoms with van der Waals surface area (Å²) in [5.41, 5.74) is 3.29. The number of carbonyl (C=O) groups is 1. The maximum atomic E-state index is 12.3. The first-order valence-corrected chi connectivity index (χ1v) is 9.37. The van der Waals surface area contributed by atoms with E-state index >= 15 is 0 Å². The fourth-order valence-electron chi connectivity index (χ4n) is 3.10. The second-order valence-electron chi connectivity index (χ2n) is 7.13. The molecule has 1 fully saturated rings. The van der Waals surface area contributed by atoms with Crippen LogP contribution >= 0.6 is 0 Å². The van der Waals surface area contributed by atoms with Crippen molar-refractivity contribution in [3.8, 4) is 0 Å². The van der Waals surface area contributed by atoms with Crippen LogP contribution in [-0.4, -0.2) is 17.4 Å². The van der Waals surface area contributed by atoms with Gasteiger partial charge in [0.2, 0.25) is 5.91 Å². The molecule has 1 aliphatic carbocycles. The molecule has 0 radical (unpaired) electrons. The van der Waals surface area contributed by atoms with Crippen molar-refractivity contribution in [2.24, 2.45) is 5.92 Å². The number of amides is 1. The molecule has 0 saturated heterocycles. The number of aryl methyl sites for hydroxylation is 1. The lowest BCUT2D eigenvalue weighted by atomic mass is 10.0. The number of hydrogen-bond donors (Lipinski definition) is 2. The van der Waals surface area contributed by atoms with Crippen LogP contribution in [0.5, 0.6) is 0 Å². The van der Waals surface area contributed by atoms with Gasteiger partial charge in [0, 0.05) is 30.8 Å². The predicted octanol–water partition coefficient (Wildman–Crippen LogP) is 4.36. The number of non-ortho nitro benzene ring substituents is 1. The molecule has 27 heavy (non-hydrogen) atoms. The highest BCUT2D eigenvalue weighted by Gasteiger charge is 2.33. The van der Waals surface area contributed by atoms with E-state index < -0.39 is 4.92 Å². The van der Waals surface area contributed by atoms with E-state index in [-0.39, 0.29) is 17.6 Å². The van der Waals surface area contributed by atoms with Gasteiger partial charge in [0.15, 0.2) is 0 Å².